The Labute approximate surface area is 121 Å². The van der Waals surface area contributed by atoms with E-state index in [1.165, 1.54) is 0 Å². The van der Waals surface area contributed by atoms with Crippen LogP contribution in [0.15, 0.2) is 53.7 Å². The van der Waals surface area contributed by atoms with Crippen molar-refractivity contribution in [2.45, 2.75) is 6.61 Å². The van der Waals surface area contributed by atoms with Gasteiger partial charge in [0, 0.05) is 15.6 Å². The molecule has 2 aromatic rings. The quantitative estimate of drug-likeness (QED) is 0.529. The summed E-state index contributed by atoms with van der Waals surface area (Å²) in [6, 6.07) is 14.4. The van der Waals surface area contributed by atoms with Gasteiger partial charge in [-0.25, -0.2) is 0 Å². The highest BCUT2D eigenvalue weighted by Crippen LogP contribution is 2.12. The lowest BCUT2D eigenvalue weighted by Crippen LogP contribution is -2.13. The summed E-state index contributed by atoms with van der Waals surface area (Å²) in [6.45, 7) is 0.332. The molecule has 2 rings (SSSR count). The van der Waals surface area contributed by atoms with Gasteiger partial charge in [-0.15, -0.1) is 0 Å². The van der Waals surface area contributed by atoms with Gasteiger partial charge in [-0.05, 0) is 29.8 Å². The maximum Gasteiger partial charge on any atom is 0.170 e. The zero-order valence-electron chi connectivity index (χ0n) is 10.0. The van der Waals surface area contributed by atoms with Crippen molar-refractivity contribution in [2.75, 3.05) is 0 Å². The van der Waals surface area contributed by atoms with E-state index in [0.717, 1.165) is 11.1 Å². The summed E-state index contributed by atoms with van der Waals surface area (Å²) in [4.78, 5) is 5.19. The van der Waals surface area contributed by atoms with Crippen LogP contribution < -0.4 is 5.73 Å². The van der Waals surface area contributed by atoms with Crippen LogP contribution in [0.1, 0.15) is 11.1 Å². The fraction of sp³-hybridized carbons (Fsp3) is 0.0714. The molecule has 0 fully saturated rings. The van der Waals surface area contributed by atoms with E-state index in [0.29, 0.717) is 16.7 Å². The molecule has 0 saturated heterocycles. The third kappa shape index (κ3) is 4.16. The van der Waals surface area contributed by atoms with E-state index < -0.39 is 0 Å². The summed E-state index contributed by atoms with van der Waals surface area (Å²) in [7, 11) is 0. The van der Waals surface area contributed by atoms with Crippen molar-refractivity contribution in [1.82, 2.24) is 0 Å². The number of hydrogen-bond acceptors (Lipinski definition) is 2. The molecule has 0 bridgehead atoms. The van der Waals surface area contributed by atoms with Crippen LogP contribution in [0.2, 0.25) is 10.0 Å². The first-order valence-electron chi connectivity index (χ1n) is 5.61. The predicted molar refractivity (Wildman–Crippen MR) is 78.4 cm³/mol. The number of oxime groups is 1. The molecule has 0 aromatic heterocycles. The monoisotopic (exact) mass is 294 g/mol. The van der Waals surface area contributed by atoms with Gasteiger partial charge in [-0.1, -0.05) is 52.6 Å². The Kier molecular flexibility index (Phi) is 4.66. The third-order valence-corrected chi connectivity index (χ3v) is 2.91. The van der Waals surface area contributed by atoms with Gasteiger partial charge in [0.15, 0.2) is 5.84 Å². The summed E-state index contributed by atoms with van der Waals surface area (Å²) in [5.74, 6) is 0.288. The highest BCUT2D eigenvalue weighted by atomic mass is 35.5. The van der Waals surface area contributed by atoms with Gasteiger partial charge in [0.05, 0.1) is 0 Å². The molecule has 5 heteroatoms. The molecular formula is C14H12Cl2N2O. The molecular weight excluding hydrogens is 283 g/mol. The first-order valence-corrected chi connectivity index (χ1v) is 6.36. The molecule has 0 radical (unpaired) electrons. The first-order chi connectivity index (χ1) is 9.15. The largest absolute Gasteiger partial charge is 0.389 e. The van der Waals surface area contributed by atoms with Crippen molar-refractivity contribution < 1.29 is 4.84 Å². The molecule has 19 heavy (non-hydrogen) atoms. The molecule has 2 aromatic carbocycles. The summed E-state index contributed by atoms with van der Waals surface area (Å²) in [5, 5.41) is 5.15. The smallest absolute Gasteiger partial charge is 0.170 e. The summed E-state index contributed by atoms with van der Waals surface area (Å²) < 4.78 is 0. The van der Waals surface area contributed by atoms with Crippen molar-refractivity contribution >= 4 is 29.0 Å². The minimum atomic E-state index is 0.288. The minimum absolute atomic E-state index is 0.288. The fourth-order valence-electron chi connectivity index (χ4n) is 1.46. The van der Waals surface area contributed by atoms with E-state index in [-0.39, 0.29) is 5.84 Å². The van der Waals surface area contributed by atoms with Gasteiger partial charge in [-0.3, -0.25) is 0 Å². The summed E-state index contributed by atoms with van der Waals surface area (Å²) in [5.41, 5.74) is 7.49. The molecule has 0 aliphatic rings. The Bertz CT molecular complexity index is 582. The lowest BCUT2D eigenvalue weighted by Gasteiger charge is -2.03. The van der Waals surface area contributed by atoms with Crippen LogP contribution in [0, 0.1) is 0 Å². The summed E-state index contributed by atoms with van der Waals surface area (Å²) >= 11 is 11.7. The molecule has 0 heterocycles. The van der Waals surface area contributed by atoms with Crippen molar-refractivity contribution in [3.63, 3.8) is 0 Å². The van der Waals surface area contributed by atoms with Gasteiger partial charge in [-0.2, -0.15) is 0 Å². The predicted octanol–water partition coefficient (Wildman–Crippen LogP) is 3.83. The van der Waals surface area contributed by atoms with Gasteiger partial charge in [0.25, 0.3) is 0 Å². The van der Waals surface area contributed by atoms with Gasteiger partial charge >= 0.3 is 0 Å². The number of amidine groups is 1. The van der Waals surface area contributed by atoms with Crippen LogP contribution >= 0.6 is 23.2 Å². The van der Waals surface area contributed by atoms with Gasteiger partial charge in [0.2, 0.25) is 0 Å². The Hall–Kier alpha value is -1.71. The fourth-order valence-corrected chi connectivity index (χ4v) is 1.77. The zero-order valence-corrected chi connectivity index (χ0v) is 11.5. The zero-order chi connectivity index (χ0) is 13.7. The van der Waals surface area contributed by atoms with E-state index in [4.69, 9.17) is 33.8 Å². The van der Waals surface area contributed by atoms with Gasteiger partial charge in [0.1, 0.15) is 6.61 Å². The third-order valence-electron chi connectivity index (χ3n) is 2.43. The van der Waals surface area contributed by atoms with Crippen molar-refractivity contribution in [3.8, 4) is 0 Å². The van der Waals surface area contributed by atoms with E-state index in [1.54, 1.807) is 30.3 Å². The normalized spacial score (nSPS) is 11.4. The van der Waals surface area contributed by atoms with Crippen LogP contribution in [0.3, 0.4) is 0 Å². The van der Waals surface area contributed by atoms with E-state index in [1.807, 2.05) is 18.2 Å². The standard InChI is InChI=1S/C14H12Cl2N2O/c15-12-6-4-10(5-7-12)9-19-18-14(17)11-2-1-3-13(16)8-11/h1-8H,9H2,(H2,17,18). The Morgan fingerprint density at radius 1 is 1.05 bits per heavy atom. The SMILES string of the molecule is N/C(=N/OCc1ccc(Cl)cc1)c1cccc(Cl)c1. The average molecular weight is 295 g/mol. The molecule has 3 nitrogen and oxygen atoms in total. The first kappa shape index (κ1) is 13.7. The maximum absolute atomic E-state index is 5.87. The molecule has 0 unspecified atom stereocenters. The molecule has 0 atom stereocenters. The van der Waals surface area contributed by atoms with Crippen molar-refractivity contribution in [2.24, 2.45) is 10.9 Å². The topological polar surface area (TPSA) is 47.6 Å². The number of rotatable bonds is 4. The molecule has 0 aliphatic heterocycles. The second kappa shape index (κ2) is 6.45. The number of nitrogens with two attached hydrogens (primary N) is 1. The molecule has 2 N–H and O–H groups in total. The van der Waals surface area contributed by atoms with Crippen molar-refractivity contribution in [3.05, 3.63) is 69.7 Å². The number of nitrogens with zero attached hydrogens (tertiary/aromatic N) is 1. The highest BCUT2D eigenvalue weighted by molar-refractivity contribution is 6.31. The van der Waals surface area contributed by atoms with Crippen LogP contribution in [0.5, 0.6) is 0 Å². The Morgan fingerprint density at radius 2 is 1.79 bits per heavy atom. The van der Waals surface area contributed by atoms with Gasteiger partial charge < -0.3 is 10.6 Å². The van der Waals surface area contributed by atoms with E-state index in [9.17, 15) is 0 Å². The minimum Gasteiger partial charge on any atom is -0.389 e. The van der Waals surface area contributed by atoms with Crippen LogP contribution in [-0.2, 0) is 11.4 Å². The molecule has 0 saturated carbocycles. The van der Waals surface area contributed by atoms with Crippen LogP contribution in [-0.4, -0.2) is 5.84 Å². The van der Waals surface area contributed by atoms with Crippen molar-refractivity contribution in [1.29, 1.82) is 0 Å². The number of halogens is 2. The second-order valence-electron chi connectivity index (χ2n) is 3.89. The molecule has 0 aliphatic carbocycles. The van der Waals surface area contributed by atoms with E-state index in [2.05, 4.69) is 5.16 Å². The lowest BCUT2D eigenvalue weighted by molar-refractivity contribution is 0.130. The Balaban J connectivity index is 1.97. The Morgan fingerprint density at radius 3 is 2.47 bits per heavy atom. The number of hydrogen-bond donors (Lipinski definition) is 1. The van der Waals surface area contributed by atoms with Crippen LogP contribution in [0.25, 0.3) is 0 Å². The highest BCUT2D eigenvalue weighted by Gasteiger charge is 2.00. The van der Waals surface area contributed by atoms with E-state index >= 15 is 0 Å². The molecule has 0 spiro atoms. The maximum atomic E-state index is 5.87. The molecule has 0 amide bonds. The average Bonchev–Trinajstić information content (AvgIpc) is 2.41. The summed E-state index contributed by atoms with van der Waals surface area (Å²) in [6.07, 6.45) is 0. The lowest BCUT2D eigenvalue weighted by atomic mass is 10.2. The van der Waals surface area contributed by atoms with Crippen LogP contribution in [0.4, 0.5) is 0 Å². The molecule has 98 valence electrons. The second-order valence-corrected chi connectivity index (χ2v) is 4.76. The number of benzene rings is 2.